The van der Waals surface area contributed by atoms with Crippen LogP contribution in [-0.4, -0.2) is 24.5 Å². The van der Waals surface area contributed by atoms with Gasteiger partial charge in [0.15, 0.2) is 0 Å². The molecule has 5 aromatic rings. The van der Waals surface area contributed by atoms with Crippen molar-refractivity contribution in [1.82, 2.24) is 8.96 Å². The van der Waals surface area contributed by atoms with Crippen LogP contribution in [0, 0.1) is 0 Å². The standard InChI is InChI=1S/C24H18N2O3S/c1-29-24-16-18-8-6-5-7-17(18)15-20(24)21-11-12-23-22(25-21)13-14-26(23)30(27,28)19-9-3-2-4-10-19/h2-16H,1H3. The van der Waals surface area contributed by atoms with Crippen LogP contribution in [-0.2, 0) is 10.0 Å². The van der Waals surface area contributed by atoms with E-state index in [2.05, 4.69) is 0 Å². The molecule has 0 saturated carbocycles. The second-order valence-electron chi connectivity index (χ2n) is 6.93. The largest absolute Gasteiger partial charge is 0.496 e. The topological polar surface area (TPSA) is 61.2 Å². The average Bonchev–Trinajstić information content (AvgIpc) is 3.23. The fourth-order valence-corrected chi connectivity index (χ4v) is 5.01. The summed E-state index contributed by atoms with van der Waals surface area (Å²) in [6, 6.07) is 25.8. The van der Waals surface area contributed by atoms with Gasteiger partial charge >= 0.3 is 0 Å². The van der Waals surface area contributed by atoms with Gasteiger partial charge in [-0.1, -0.05) is 42.5 Å². The summed E-state index contributed by atoms with van der Waals surface area (Å²) in [4.78, 5) is 4.96. The Morgan fingerprint density at radius 1 is 0.833 bits per heavy atom. The van der Waals surface area contributed by atoms with E-state index < -0.39 is 10.0 Å². The third-order valence-electron chi connectivity index (χ3n) is 5.15. The van der Waals surface area contributed by atoms with Gasteiger partial charge in [-0.3, -0.25) is 0 Å². The van der Waals surface area contributed by atoms with Crippen LogP contribution < -0.4 is 4.74 Å². The first-order valence-corrected chi connectivity index (χ1v) is 10.9. The third kappa shape index (κ3) is 2.93. The number of rotatable bonds is 4. The number of ether oxygens (including phenoxy) is 1. The van der Waals surface area contributed by atoms with Gasteiger partial charge in [-0.2, -0.15) is 0 Å². The summed E-state index contributed by atoms with van der Waals surface area (Å²) in [5.41, 5.74) is 2.71. The summed E-state index contributed by atoms with van der Waals surface area (Å²) >= 11 is 0. The number of hydrogen-bond donors (Lipinski definition) is 0. The van der Waals surface area contributed by atoms with Crippen LogP contribution in [0.25, 0.3) is 33.1 Å². The SMILES string of the molecule is COc1cc2ccccc2cc1-c1ccc2c(ccn2S(=O)(=O)c2ccccc2)n1. The normalized spacial score (nSPS) is 11.8. The number of pyridine rings is 1. The molecule has 0 aliphatic carbocycles. The molecule has 0 N–H and O–H groups in total. The maximum absolute atomic E-state index is 13.0. The second kappa shape index (κ2) is 7.00. The van der Waals surface area contributed by atoms with Gasteiger partial charge in [0.25, 0.3) is 10.0 Å². The molecule has 0 spiro atoms. The molecular formula is C24H18N2O3S. The van der Waals surface area contributed by atoms with Gasteiger partial charge < -0.3 is 4.74 Å². The first-order chi connectivity index (χ1) is 14.6. The van der Waals surface area contributed by atoms with Gasteiger partial charge in [0, 0.05) is 11.8 Å². The number of nitrogens with zero attached hydrogens (tertiary/aromatic N) is 2. The molecule has 0 aliphatic rings. The quantitative estimate of drug-likeness (QED) is 0.410. The van der Waals surface area contributed by atoms with E-state index in [4.69, 9.17) is 9.72 Å². The smallest absolute Gasteiger partial charge is 0.268 e. The van der Waals surface area contributed by atoms with E-state index in [0.717, 1.165) is 27.8 Å². The summed E-state index contributed by atoms with van der Waals surface area (Å²) in [6.45, 7) is 0. The Hall–Kier alpha value is -3.64. The maximum atomic E-state index is 13.0. The molecule has 2 aromatic heterocycles. The molecule has 6 heteroatoms. The van der Waals surface area contributed by atoms with Crippen LogP contribution in [0.3, 0.4) is 0 Å². The lowest BCUT2D eigenvalue weighted by atomic mass is 10.0. The van der Waals surface area contributed by atoms with Gasteiger partial charge in [0.1, 0.15) is 5.75 Å². The lowest BCUT2D eigenvalue weighted by Gasteiger charge is -2.11. The van der Waals surface area contributed by atoms with Crippen molar-refractivity contribution in [1.29, 1.82) is 0 Å². The van der Waals surface area contributed by atoms with E-state index in [0.29, 0.717) is 11.0 Å². The van der Waals surface area contributed by atoms with Gasteiger partial charge in [-0.15, -0.1) is 0 Å². The number of methoxy groups -OCH3 is 1. The molecule has 0 radical (unpaired) electrons. The van der Waals surface area contributed by atoms with E-state index in [1.165, 1.54) is 3.97 Å². The molecule has 3 aromatic carbocycles. The number of benzene rings is 3. The van der Waals surface area contributed by atoms with Gasteiger partial charge in [-0.25, -0.2) is 17.4 Å². The lowest BCUT2D eigenvalue weighted by molar-refractivity contribution is 0.417. The first-order valence-electron chi connectivity index (χ1n) is 9.44. The van der Waals surface area contributed by atoms with Crippen molar-refractivity contribution in [2.24, 2.45) is 0 Å². The van der Waals surface area contributed by atoms with E-state index in [-0.39, 0.29) is 4.90 Å². The minimum Gasteiger partial charge on any atom is -0.496 e. The second-order valence-corrected chi connectivity index (χ2v) is 8.75. The highest BCUT2D eigenvalue weighted by molar-refractivity contribution is 7.90. The summed E-state index contributed by atoms with van der Waals surface area (Å²) < 4.78 is 32.9. The van der Waals surface area contributed by atoms with Crippen LogP contribution in [0.2, 0.25) is 0 Å². The predicted molar refractivity (Wildman–Crippen MR) is 118 cm³/mol. The minimum absolute atomic E-state index is 0.239. The zero-order valence-corrected chi connectivity index (χ0v) is 17.0. The highest BCUT2D eigenvalue weighted by atomic mass is 32.2. The Bertz CT molecular complexity index is 1490. The van der Waals surface area contributed by atoms with Crippen LogP contribution in [0.5, 0.6) is 5.75 Å². The molecule has 2 heterocycles. The van der Waals surface area contributed by atoms with Crippen molar-refractivity contribution in [3.63, 3.8) is 0 Å². The minimum atomic E-state index is -3.69. The van der Waals surface area contributed by atoms with E-state index in [9.17, 15) is 8.42 Å². The Morgan fingerprint density at radius 2 is 1.53 bits per heavy atom. The molecular weight excluding hydrogens is 396 g/mol. The Kier molecular flexibility index (Phi) is 4.29. The van der Waals surface area contributed by atoms with Gasteiger partial charge in [0.05, 0.1) is 28.7 Å². The summed E-state index contributed by atoms with van der Waals surface area (Å²) in [5.74, 6) is 0.719. The van der Waals surface area contributed by atoms with E-state index in [1.54, 1.807) is 55.8 Å². The fourth-order valence-electron chi connectivity index (χ4n) is 3.65. The number of aromatic nitrogens is 2. The first kappa shape index (κ1) is 18.4. The summed E-state index contributed by atoms with van der Waals surface area (Å²) in [5, 5.41) is 2.17. The van der Waals surface area contributed by atoms with Crippen molar-refractivity contribution < 1.29 is 13.2 Å². The Morgan fingerprint density at radius 3 is 2.27 bits per heavy atom. The van der Waals surface area contributed by atoms with E-state index in [1.807, 2.05) is 42.5 Å². The van der Waals surface area contributed by atoms with Crippen molar-refractivity contribution in [2.75, 3.05) is 7.11 Å². The molecule has 0 atom stereocenters. The molecule has 5 rings (SSSR count). The van der Waals surface area contributed by atoms with Crippen LogP contribution in [0.4, 0.5) is 0 Å². The maximum Gasteiger partial charge on any atom is 0.268 e. The monoisotopic (exact) mass is 414 g/mol. The lowest BCUT2D eigenvalue weighted by Crippen LogP contribution is -2.11. The van der Waals surface area contributed by atoms with Crippen molar-refractivity contribution >= 4 is 31.8 Å². The summed E-state index contributed by atoms with van der Waals surface area (Å²) in [7, 11) is -2.06. The number of hydrogen-bond acceptors (Lipinski definition) is 4. The Labute approximate surface area is 174 Å². The number of fused-ring (bicyclic) bond motifs is 2. The highest BCUT2D eigenvalue weighted by Crippen LogP contribution is 2.34. The van der Waals surface area contributed by atoms with Crippen molar-refractivity contribution in [2.45, 2.75) is 4.90 Å². The molecule has 0 fully saturated rings. The predicted octanol–water partition coefficient (Wildman–Crippen LogP) is 5.10. The van der Waals surface area contributed by atoms with Crippen LogP contribution in [0.15, 0.2) is 96.0 Å². The molecule has 0 saturated heterocycles. The molecule has 0 unspecified atom stereocenters. The molecule has 148 valence electrons. The Balaban J connectivity index is 1.65. The fraction of sp³-hybridized carbons (Fsp3) is 0.0417. The van der Waals surface area contributed by atoms with Crippen LogP contribution >= 0.6 is 0 Å². The molecule has 0 aliphatic heterocycles. The molecule has 0 amide bonds. The van der Waals surface area contributed by atoms with Gasteiger partial charge in [-0.05, 0) is 53.2 Å². The van der Waals surface area contributed by atoms with Crippen molar-refractivity contribution in [3.05, 3.63) is 91.1 Å². The average molecular weight is 414 g/mol. The van der Waals surface area contributed by atoms with E-state index >= 15 is 0 Å². The zero-order valence-electron chi connectivity index (χ0n) is 16.2. The molecule has 5 nitrogen and oxygen atoms in total. The van der Waals surface area contributed by atoms with Gasteiger partial charge in [0.2, 0.25) is 0 Å². The van der Waals surface area contributed by atoms with Crippen LogP contribution in [0.1, 0.15) is 0 Å². The molecule has 0 bridgehead atoms. The summed E-state index contributed by atoms with van der Waals surface area (Å²) in [6.07, 6.45) is 1.54. The van der Waals surface area contributed by atoms with Crippen molar-refractivity contribution in [3.8, 4) is 17.0 Å². The molecule has 30 heavy (non-hydrogen) atoms. The zero-order chi connectivity index (χ0) is 20.7. The third-order valence-corrected chi connectivity index (χ3v) is 6.86. The highest BCUT2D eigenvalue weighted by Gasteiger charge is 2.19.